The third kappa shape index (κ3) is 2.98. The molecule has 2 aromatic heterocycles. The van der Waals surface area contributed by atoms with E-state index in [1.54, 1.807) is 11.3 Å². The number of hydrogen-bond donors (Lipinski definition) is 6. The lowest BCUT2D eigenvalue weighted by Crippen LogP contribution is -2.40. The predicted octanol–water partition coefficient (Wildman–Crippen LogP) is -0.163. The smallest absolute Gasteiger partial charge is 0.211 e. The average molecular weight is 431 g/mol. The summed E-state index contributed by atoms with van der Waals surface area (Å²) in [6.07, 6.45) is -2.96. The normalized spacial score (nSPS) is 30.9. The third-order valence-electron chi connectivity index (χ3n) is 5.41. The van der Waals surface area contributed by atoms with E-state index in [9.17, 15) is 20.4 Å². The summed E-state index contributed by atoms with van der Waals surface area (Å²) >= 11 is 1.55. The molecule has 30 heavy (non-hydrogen) atoms. The molecule has 0 bridgehead atoms. The molecule has 3 aromatic rings. The Kier molecular flexibility index (Phi) is 4.54. The van der Waals surface area contributed by atoms with Crippen molar-refractivity contribution in [3.63, 3.8) is 0 Å². The second-order valence-electron chi connectivity index (χ2n) is 7.44. The number of aliphatic imine (C=N–C) groups is 1. The van der Waals surface area contributed by atoms with Gasteiger partial charge in [0.2, 0.25) is 5.72 Å². The first-order chi connectivity index (χ1) is 14.4. The van der Waals surface area contributed by atoms with E-state index >= 15 is 0 Å². The molecule has 2 aliphatic heterocycles. The highest BCUT2D eigenvalue weighted by Crippen LogP contribution is 2.40. The molecule has 1 fully saturated rings. The van der Waals surface area contributed by atoms with Crippen LogP contribution in [0.2, 0.25) is 0 Å². The van der Waals surface area contributed by atoms with Crippen molar-refractivity contribution in [2.24, 2.45) is 10.7 Å². The van der Waals surface area contributed by atoms with Crippen LogP contribution in [0.1, 0.15) is 16.8 Å². The molecule has 2 aliphatic rings. The molecule has 1 aromatic carbocycles. The maximum absolute atomic E-state index is 11.4. The fourth-order valence-electron chi connectivity index (χ4n) is 3.97. The highest BCUT2D eigenvalue weighted by molar-refractivity contribution is 7.19. The molecular weight excluding hydrogens is 410 g/mol. The zero-order valence-corrected chi connectivity index (χ0v) is 16.5. The number of anilines is 1. The Morgan fingerprint density at radius 1 is 1.27 bits per heavy atom. The molecule has 5 atom stereocenters. The molecule has 0 amide bonds. The highest BCUT2D eigenvalue weighted by atomic mass is 32.1. The summed E-state index contributed by atoms with van der Waals surface area (Å²) in [5.41, 5.74) is 4.46. The molecule has 0 spiro atoms. The van der Waals surface area contributed by atoms with Gasteiger partial charge < -0.3 is 36.2 Å². The third-order valence-corrected chi connectivity index (χ3v) is 6.53. The summed E-state index contributed by atoms with van der Waals surface area (Å²) in [6, 6.07) is 9.92. The minimum atomic E-state index is -1.71. The van der Waals surface area contributed by atoms with Crippen LogP contribution in [0.15, 0.2) is 41.7 Å². The van der Waals surface area contributed by atoms with Gasteiger partial charge in [0.15, 0.2) is 12.2 Å². The van der Waals surface area contributed by atoms with E-state index in [0.717, 1.165) is 15.0 Å². The second-order valence-corrected chi connectivity index (χ2v) is 8.61. The van der Waals surface area contributed by atoms with Crippen LogP contribution < -0.4 is 11.1 Å². The lowest BCUT2D eigenvalue weighted by Gasteiger charge is -2.29. The van der Waals surface area contributed by atoms with Crippen LogP contribution in [0.4, 0.5) is 5.82 Å². The van der Waals surface area contributed by atoms with E-state index in [-0.39, 0.29) is 18.1 Å². The first kappa shape index (κ1) is 19.4. The number of rotatable bonds is 4. The minimum absolute atomic E-state index is 0.0143. The van der Waals surface area contributed by atoms with Gasteiger partial charge in [-0.2, -0.15) is 0 Å². The van der Waals surface area contributed by atoms with Crippen molar-refractivity contribution < 1.29 is 25.2 Å². The Hall–Kier alpha value is -2.54. The number of aliphatic hydroxyl groups is 4. The molecule has 0 aliphatic carbocycles. The molecule has 5 rings (SSSR count). The van der Waals surface area contributed by atoms with Gasteiger partial charge in [-0.1, -0.05) is 18.2 Å². The van der Waals surface area contributed by atoms with Gasteiger partial charge in [0.1, 0.15) is 29.8 Å². The number of benzene rings is 1. The summed E-state index contributed by atoms with van der Waals surface area (Å²) in [5.74, 6) is 0.292. The van der Waals surface area contributed by atoms with Gasteiger partial charge in [0.05, 0.1) is 12.9 Å². The van der Waals surface area contributed by atoms with Crippen LogP contribution in [0.25, 0.3) is 10.1 Å². The number of aromatic nitrogens is 2. The number of nitrogens with zero attached hydrogens (tertiary/aromatic N) is 3. The number of ether oxygens (including phenoxy) is 1. The standard InChI is InChI=1S/C19H21N5O5S/c20-18-22-16-15(21-8-24(16)17-14(27)13(26)11(7-25)29-17)19(28,23-18)6-10-5-9-3-1-2-4-12(9)30-10/h1-5,8,11,13-14,17,25-28H,6-7H2,(H3,20,22,23)/t11-,13-,14-,17-,19?/m1/s1. The van der Waals surface area contributed by atoms with Crippen LogP contribution >= 0.6 is 11.3 Å². The maximum atomic E-state index is 11.4. The SMILES string of the molecule is NC1=NC(O)(Cc2cc3ccccc3s2)c2ncn([C@@H]3O[C@H](CO)[C@@H](O)[C@H]3O)c2N1. The number of aliphatic hydroxyl groups excluding tert-OH is 3. The number of nitrogens with one attached hydrogen (secondary N) is 1. The molecule has 11 heteroatoms. The molecule has 10 nitrogen and oxygen atoms in total. The minimum Gasteiger partial charge on any atom is -0.394 e. The quantitative estimate of drug-likeness (QED) is 0.332. The summed E-state index contributed by atoms with van der Waals surface area (Å²) in [4.78, 5) is 9.42. The predicted molar refractivity (Wildman–Crippen MR) is 110 cm³/mol. The number of imidazole rings is 1. The number of fused-ring (bicyclic) bond motifs is 2. The highest BCUT2D eigenvalue weighted by Gasteiger charge is 2.46. The van der Waals surface area contributed by atoms with Crippen molar-refractivity contribution >= 4 is 33.2 Å². The van der Waals surface area contributed by atoms with E-state index < -0.39 is 36.9 Å². The van der Waals surface area contributed by atoms with Gasteiger partial charge in [-0.05, 0) is 17.5 Å². The summed E-state index contributed by atoms with van der Waals surface area (Å²) in [7, 11) is 0. The van der Waals surface area contributed by atoms with Gasteiger partial charge >= 0.3 is 0 Å². The molecule has 158 valence electrons. The Labute approximate surface area is 174 Å². The maximum Gasteiger partial charge on any atom is 0.211 e. The molecule has 4 heterocycles. The molecule has 1 saturated heterocycles. The van der Waals surface area contributed by atoms with Crippen LogP contribution in [0.5, 0.6) is 0 Å². The Bertz CT molecular complexity index is 1100. The largest absolute Gasteiger partial charge is 0.394 e. The van der Waals surface area contributed by atoms with E-state index in [1.807, 2.05) is 30.3 Å². The fraction of sp³-hybridized carbons (Fsp3) is 0.368. The van der Waals surface area contributed by atoms with Gasteiger partial charge in [0.25, 0.3) is 0 Å². The van der Waals surface area contributed by atoms with Crippen molar-refractivity contribution in [1.82, 2.24) is 9.55 Å². The Balaban J connectivity index is 1.51. The number of guanidine groups is 1. The average Bonchev–Trinajstić information content (AvgIpc) is 3.38. The zero-order valence-electron chi connectivity index (χ0n) is 15.7. The van der Waals surface area contributed by atoms with Crippen molar-refractivity contribution in [2.45, 2.75) is 36.7 Å². The Morgan fingerprint density at radius 2 is 2.07 bits per heavy atom. The number of nitrogens with two attached hydrogens (primary N) is 1. The van der Waals surface area contributed by atoms with E-state index in [1.165, 1.54) is 10.9 Å². The topological polar surface area (TPSA) is 158 Å². The van der Waals surface area contributed by atoms with Gasteiger partial charge in [-0.15, -0.1) is 11.3 Å². The van der Waals surface area contributed by atoms with Crippen molar-refractivity contribution in [1.29, 1.82) is 0 Å². The van der Waals surface area contributed by atoms with Crippen LogP contribution in [-0.4, -0.2) is 60.9 Å². The number of thiophene rings is 1. The molecule has 7 N–H and O–H groups in total. The molecule has 0 radical (unpaired) electrons. The van der Waals surface area contributed by atoms with E-state index in [0.29, 0.717) is 5.82 Å². The lowest BCUT2D eigenvalue weighted by atomic mass is 10.0. The van der Waals surface area contributed by atoms with Crippen LogP contribution in [0, 0.1) is 0 Å². The van der Waals surface area contributed by atoms with Gasteiger partial charge in [0, 0.05) is 16.0 Å². The first-order valence-corrected chi connectivity index (χ1v) is 10.2. The van der Waals surface area contributed by atoms with Crippen molar-refractivity contribution in [2.75, 3.05) is 11.9 Å². The fourth-order valence-corrected chi connectivity index (χ4v) is 5.11. The monoisotopic (exact) mass is 431 g/mol. The number of hydrogen-bond acceptors (Lipinski definition) is 10. The van der Waals surface area contributed by atoms with E-state index in [4.69, 9.17) is 10.5 Å². The lowest BCUT2D eigenvalue weighted by molar-refractivity contribution is -0.0520. The van der Waals surface area contributed by atoms with Crippen LogP contribution in [0.3, 0.4) is 0 Å². The van der Waals surface area contributed by atoms with Gasteiger partial charge in [-0.3, -0.25) is 4.57 Å². The first-order valence-electron chi connectivity index (χ1n) is 9.41. The molecule has 1 unspecified atom stereocenters. The van der Waals surface area contributed by atoms with E-state index in [2.05, 4.69) is 15.3 Å². The van der Waals surface area contributed by atoms with Gasteiger partial charge in [-0.25, -0.2) is 9.98 Å². The summed E-state index contributed by atoms with van der Waals surface area (Å²) in [6.45, 7) is -0.446. The van der Waals surface area contributed by atoms with Crippen LogP contribution in [-0.2, 0) is 16.9 Å². The summed E-state index contributed by atoms with van der Waals surface area (Å²) in [5, 5.41) is 45.1. The molecule has 0 saturated carbocycles. The van der Waals surface area contributed by atoms with Crippen molar-refractivity contribution in [3.8, 4) is 0 Å². The van der Waals surface area contributed by atoms with Crippen molar-refractivity contribution in [3.05, 3.63) is 47.2 Å². The second kappa shape index (κ2) is 7.01. The molecular formula is C19H21N5O5S. The zero-order chi connectivity index (χ0) is 21.0. The summed E-state index contributed by atoms with van der Waals surface area (Å²) < 4.78 is 8.12. The Morgan fingerprint density at radius 3 is 2.80 bits per heavy atom.